The standard InChI is InChI=1S/C21H22N4O/c26-21(19-9-10-20(22-16-19)25-14-5-12-23-25)24-13-4-8-18(11-15-24)17-6-2-1-3-7-17/h1-3,5-7,9-10,12,14,16,18H,4,8,11,13,15H2/t18-/m1/s1. The molecule has 1 aromatic carbocycles. The molecule has 5 nitrogen and oxygen atoms in total. The first kappa shape index (κ1) is 16.5. The second kappa shape index (κ2) is 7.52. The molecule has 0 radical (unpaired) electrons. The maximum absolute atomic E-state index is 12.9. The van der Waals surface area contributed by atoms with Gasteiger partial charge in [-0.05, 0) is 48.9 Å². The van der Waals surface area contributed by atoms with E-state index in [9.17, 15) is 4.79 Å². The topological polar surface area (TPSA) is 51.0 Å². The highest BCUT2D eigenvalue weighted by molar-refractivity contribution is 5.94. The summed E-state index contributed by atoms with van der Waals surface area (Å²) in [6, 6.07) is 16.2. The van der Waals surface area contributed by atoms with Crippen LogP contribution in [0.1, 0.15) is 41.1 Å². The second-order valence-electron chi connectivity index (χ2n) is 6.69. The number of hydrogen-bond donors (Lipinski definition) is 0. The van der Waals surface area contributed by atoms with Crippen LogP contribution in [0.25, 0.3) is 5.82 Å². The molecule has 3 aromatic rings. The summed E-state index contributed by atoms with van der Waals surface area (Å²) in [4.78, 5) is 19.2. The zero-order valence-electron chi connectivity index (χ0n) is 14.7. The number of carbonyl (C=O) groups excluding carboxylic acids is 1. The monoisotopic (exact) mass is 346 g/mol. The summed E-state index contributed by atoms with van der Waals surface area (Å²) in [5, 5.41) is 4.16. The average Bonchev–Trinajstić information content (AvgIpc) is 3.13. The molecule has 1 fully saturated rings. The minimum atomic E-state index is 0.0678. The molecule has 1 aliphatic rings. The van der Waals surface area contributed by atoms with E-state index < -0.39 is 0 Å². The van der Waals surface area contributed by atoms with Gasteiger partial charge in [-0.3, -0.25) is 4.79 Å². The molecule has 0 spiro atoms. The smallest absolute Gasteiger partial charge is 0.255 e. The number of amides is 1. The number of nitrogens with zero attached hydrogens (tertiary/aromatic N) is 4. The van der Waals surface area contributed by atoms with E-state index in [1.165, 1.54) is 5.56 Å². The molecule has 0 N–H and O–H groups in total. The highest BCUT2D eigenvalue weighted by atomic mass is 16.2. The SMILES string of the molecule is O=C(c1ccc(-n2cccn2)nc1)N1CCC[C@@H](c2ccccc2)CC1. The van der Waals surface area contributed by atoms with Crippen LogP contribution in [0.3, 0.4) is 0 Å². The average molecular weight is 346 g/mol. The Labute approximate surface area is 153 Å². The molecule has 1 atom stereocenters. The zero-order valence-corrected chi connectivity index (χ0v) is 14.7. The lowest BCUT2D eigenvalue weighted by Gasteiger charge is -2.21. The lowest BCUT2D eigenvalue weighted by atomic mass is 9.92. The van der Waals surface area contributed by atoms with Crippen molar-refractivity contribution >= 4 is 5.91 Å². The first-order valence-electron chi connectivity index (χ1n) is 9.11. The minimum Gasteiger partial charge on any atom is -0.339 e. The van der Waals surface area contributed by atoms with Crippen molar-refractivity contribution in [1.82, 2.24) is 19.7 Å². The molecular formula is C21H22N4O. The van der Waals surface area contributed by atoms with E-state index in [-0.39, 0.29) is 5.91 Å². The Bertz CT molecular complexity index is 843. The first-order valence-corrected chi connectivity index (χ1v) is 9.11. The van der Waals surface area contributed by atoms with E-state index in [1.54, 1.807) is 17.1 Å². The van der Waals surface area contributed by atoms with Gasteiger partial charge >= 0.3 is 0 Å². The molecule has 0 saturated carbocycles. The van der Waals surface area contributed by atoms with Crippen LogP contribution >= 0.6 is 0 Å². The van der Waals surface area contributed by atoms with Crippen LogP contribution in [0.4, 0.5) is 0 Å². The van der Waals surface area contributed by atoms with Gasteiger partial charge in [-0.2, -0.15) is 5.10 Å². The Morgan fingerprint density at radius 3 is 2.62 bits per heavy atom. The summed E-state index contributed by atoms with van der Waals surface area (Å²) in [5.74, 6) is 1.32. The van der Waals surface area contributed by atoms with Gasteiger partial charge in [0, 0.05) is 31.7 Å². The molecule has 0 bridgehead atoms. The number of pyridine rings is 1. The molecule has 0 aliphatic carbocycles. The molecule has 26 heavy (non-hydrogen) atoms. The van der Waals surface area contributed by atoms with Gasteiger partial charge in [0.05, 0.1) is 5.56 Å². The van der Waals surface area contributed by atoms with Crippen LogP contribution in [0.15, 0.2) is 67.1 Å². The van der Waals surface area contributed by atoms with Gasteiger partial charge < -0.3 is 4.90 Å². The van der Waals surface area contributed by atoms with Crippen molar-refractivity contribution in [3.63, 3.8) is 0 Å². The zero-order chi connectivity index (χ0) is 17.8. The Hall–Kier alpha value is -2.95. The van der Waals surface area contributed by atoms with Crippen molar-refractivity contribution in [2.24, 2.45) is 0 Å². The van der Waals surface area contributed by atoms with Crippen LogP contribution in [0.2, 0.25) is 0 Å². The van der Waals surface area contributed by atoms with E-state index in [1.807, 2.05) is 29.3 Å². The summed E-state index contributed by atoms with van der Waals surface area (Å²) < 4.78 is 1.69. The molecule has 4 rings (SSSR count). The van der Waals surface area contributed by atoms with Crippen LogP contribution in [0.5, 0.6) is 0 Å². The van der Waals surface area contributed by atoms with Crippen molar-refractivity contribution in [3.05, 3.63) is 78.2 Å². The summed E-state index contributed by atoms with van der Waals surface area (Å²) in [6.07, 6.45) is 8.37. The number of likely N-dealkylation sites (tertiary alicyclic amines) is 1. The lowest BCUT2D eigenvalue weighted by Crippen LogP contribution is -2.32. The lowest BCUT2D eigenvalue weighted by molar-refractivity contribution is 0.0760. The molecule has 1 aliphatic heterocycles. The van der Waals surface area contributed by atoms with E-state index in [0.717, 1.165) is 32.4 Å². The van der Waals surface area contributed by atoms with Crippen molar-refractivity contribution in [1.29, 1.82) is 0 Å². The minimum absolute atomic E-state index is 0.0678. The first-order chi connectivity index (χ1) is 12.8. The number of hydrogen-bond acceptors (Lipinski definition) is 3. The van der Waals surface area contributed by atoms with Crippen LogP contribution in [-0.2, 0) is 0 Å². The highest BCUT2D eigenvalue weighted by Crippen LogP contribution is 2.28. The van der Waals surface area contributed by atoms with Crippen LogP contribution < -0.4 is 0 Å². The van der Waals surface area contributed by atoms with Crippen LogP contribution in [-0.4, -0.2) is 38.7 Å². The van der Waals surface area contributed by atoms with Crippen molar-refractivity contribution in [3.8, 4) is 5.82 Å². The summed E-state index contributed by atoms with van der Waals surface area (Å²) in [5.41, 5.74) is 2.02. The quantitative estimate of drug-likeness (QED) is 0.727. The molecule has 5 heteroatoms. The fourth-order valence-electron chi connectivity index (χ4n) is 3.59. The van der Waals surface area contributed by atoms with Gasteiger partial charge in [0.15, 0.2) is 5.82 Å². The van der Waals surface area contributed by atoms with Gasteiger partial charge in [0.25, 0.3) is 5.91 Å². The van der Waals surface area contributed by atoms with Crippen molar-refractivity contribution in [2.75, 3.05) is 13.1 Å². The van der Waals surface area contributed by atoms with E-state index in [0.29, 0.717) is 17.3 Å². The van der Waals surface area contributed by atoms with Crippen molar-refractivity contribution in [2.45, 2.75) is 25.2 Å². The van der Waals surface area contributed by atoms with Gasteiger partial charge in [-0.25, -0.2) is 9.67 Å². The summed E-state index contributed by atoms with van der Waals surface area (Å²) in [6.45, 7) is 1.60. The van der Waals surface area contributed by atoms with E-state index >= 15 is 0 Å². The Balaban J connectivity index is 1.43. The predicted octanol–water partition coefficient (Wildman–Crippen LogP) is 3.68. The molecule has 132 valence electrons. The molecule has 0 unspecified atom stereocenters. The molecule has 1 amide bonds. The number of benzene rings is 1. The Morgan fingerprint density at radius 2 is 1.88 bits per heavy atom. The predicted molar refractivity (Wildman–Crippen MR) is 100 cm³/mol. The third kappa shape index (κ3) is 3.52. The second-order valence-corrected chi connectivity index (χ2v) is 6.69. The molecule has 3 heterocycles. The third-order valence-corrected chi connectivity index (χ3v) is 5.02. The fraction of sp³-hybridized carbons (Fsp3) is 0.286. The molecular weight excluding hydrogens is 324 g/mol. The number of rotatable bonds is 3. The largest absolute Gasteiger partial charge is 0.339 e. The Kier molecular flexibility index (Phi) is 4.78. The maximum atomic E-state index is 12.9. The number of carbonyl (C=O) groups is 1. The van der Waals surface area contributed by atoms with Gasteiger partial charge in [-0.1, -0.05) is 30.3 Å². The molecule has 2 aromatic heterocycles. The highest BCUT2D eigenvalue weighted by Gasteiger charge is 2.22. The van der Waals surface area contributed by atoms with Crippen molar-refractivity contribution < 1.29 is 4.79 Å². The molecule has 1 saturated heterocycles. The summed E-state index contributed by atoms with van der Waals surface area (Å²) in [7, 11) is 0. The fourth-order valence-corrected chi connectivity index (χ4v) is 3.59. The third-order valence-electron chi connectivity index (χ3n) is 5.02. The van der Waals surface area contributed by atoms with Gasteiger partial charge in [0.2, 0.25) is 0 Å². The number of aromatic nitrogens is 3. The maximum Gasteiger partial charge on any atom is 0.255 e. The van der Waals surface area contributed by atoms with Gasteiger partial charge in [0.1, 0.15) is 0 Å². The van der Waals surface area contributed by atoms with E-state index in [4.69, 9.17) is 0 Å². The van der Waals surface area contributed by atoms with E-state index in [2.05, 4.69) is 40.4 Å². The normalized spacial score (nSPS) is 17.7. The van der Waals surface area contributed by atoms with Gasteiger partial charge in [-0.15, -0.1) is 0 Å². The van der Waals surface area contributed by atoms with Crippen LogP contribution in [0, 0.1) is 0 Å². The Morgan fingerprint density at radius 1 is 1.00 bits per heavy atom. The summed E-state index contributed by atoms with van der Waals surface area (Å²) >= 11 is 0.